The topological polar surface area (TPSA) is 128 Å². The molecule has 2 N–H and O–H groups in total. The Morgan fingerprint density at radius 2 is 1.64 bits per heavy atom. The molecule has 0 fully saturated rings. The Kier molecular flexibility index (Phi) is 9.45. The van der Waals surface area contributed by atoms with Crippen LogP contribution in [0, 0.1) is 0 Å². The molecule has 0 unspecified atom stereocenters. The maximum absolute atomic E-state index is 13.3. The summed E-state index contributed by atoms with van der Waals surface area (Å²) < 4.78 is 21.6. The Morgan fingerprint density at radius 3 is 2.38 bits per heavy atom. The van der Waals surface area contributed by atoms with E-state index in [0.717, 1.165) is 10.9 Å². The van der Waals surface area contributed by atoms with E-state index in [0.29, 0.717) is 39.7 Å². The molecule has 0 saturated heterocycles. The SMILES string of the molecule is CCOc1cc(C=NNC(=O)c2[nH]c3c(Cl)cccc3c2-c2ccccc2)ccc1OC(=O)c1ccc(OC(C)=O)c(OC)c1. The summed E-state index contributed by atoms with van der Waals surface area (Å²) >= 11 is 6.42. The monoisotopic (exact) mass is 625 g/mol. The average molecular weight is 626 g/mol. The van der Waals surface area contributed by atoms with Crippen molar-refractivity contribution in [2.75, 3.05) is 13.7 Å². The molecule has 228 valence electrons. The highest BCUT2D eigenvalue weighted by Gasteiger charge is 2.21. The molecule has 1 aromatic heterocycles. The fourth-order valence-corrected chi connectivity index (χ4v) is 4.85. The van der Waals surface area contributed by atoms with Crippen molar-refractivity contribution in [2.24, 2.45) is 5.10 Å². The number of hydrogen-bond donors (Lipinski definition) is 2. The first-order valence-electron chi connectivity index (χ1n) is 13.8. The summed E-state index contributed by atoms with van der Waals surface area (Å²) in [5.74, 6) is -0.808. The van der Waals surface area contributed by atoms with E-state index in [2.05, 4.69) is 15.5 Å². The third-order valence-electron chi connectivity index (χ3n) is 6.58. The van der Waals surface area contributed by atoms with Crippen LogP contribution in [0.15, 0.2) is 90.0 Å². The normalized spacial score (nSPS) is 10.9. The van der Waals surface area contributed by atoms with Gasteiger partial charge in [0, 0.05) is 17.9 Å². The van der Waals surface area contributed by atoms with E-state index in [1.54, 1.807) is 31.2 Å². The zero-order valence-electron chi connectivity index (χ0n) is 24.6. The van der Waals surface area contributed by atoms with E-state index in [9.17, 15) is 14.4 Å². The molecule has 1 heterocycles. The van der Waals surface area contributed by atoms with Crippen molar-refractivity contribution in [3.05, 3.63) is 107 Å². The lowest BCUT2D eigenvalue weighted by molar-refractivity contribution is -0.132. The van der Waals surface area contributed by atoms with Crippen LogP contribution in [0.4, 0.5) is 0 Å². The number of halogens is 1. The molecule has 0 bridgehead atoms. The van der Waals surface area contributed by atoms with E-state index in [1.807, 2.05) is 42.5 Å². The molecule has 4 aromatic carbocycles. The van der Waals surface area contributed by atoms with Gasteiger partial charge < -0.3 is 23.9 Å². The molecular weight excluding hydrogens is 598 g/mol. The van der Waals surface area contributed by atoms with Gasteiger partial charge in [-0.1, -0.05) is 54.1 Å². The fraction of sp³-hybridized carbons (Fsp3) is 0.118. The fourth-order valence-electron chi connectivity index (χ4n) is 4.63. The Hall–Kier alpha value is -5.61. The molecule has 0 atom stereocenters. The number of fused-ring (bicyclic) bond motifs is 1. The average Bonchev–Trinajstić information content (AvgIpc) is 3.44. The summed E-state index contributed by atoms with van der Waals surface area (Å²) in [5, 5.41) is 5.45. The van der Waals surface area contributed by atoms with Crippen LogP contribution in [0.3, 0.4) is 0 Å². The quantitative estimate of drug-likeness (QED) is 0.0755. The van der Waals surface area contributed by atoms with Gasteiger partial charge in [0.15, 0.2) is 23.0 Å². The van der Waals surface area contributed by atoms with Gasteiger partial charge in [-0.05, 0) is 60.5 Å². The van der Waals surface area contributed by atoms with Crippen LogP contribution in [0.5, 0.6) is 23.0 Å². The zero-order chi connectivity index (χ0) is 31.9. The minimum absolute atomic E-state index is 0.173. The molecule has 0 aliphatic heterocycles. The van der Waals surface area contributed by atoms with Crippen LogP contribution in [0.2, 0.25) is 5.02 Å². The molecule has 45 heavy (non-hydrogen) atoms. The molecular formula is C34H28ClN3O7. The number of H-pyrrole nitrogens is 1. The molecule has 10 nitrogen and oxygen atoms in total. The molecule has 0 spiro atoms. The van der Waals surface area contributed by atoms with Crippen molar-refractivity contribution in [2.45, 2.75) is 13.8 Å². The van der Waals surface area contributed by atoms with E-state index >= 15 is 0 Å². The van der Waals surface area contributed by atoms with Crippen LogP contribution < -0.4 is 24.4 Å². The van der Waals surface area contributed by atoms with E-state index in [1.165, 1.54) is 38.4 Å². The van der Waals surface area contributed by atoms with Gasteiger partial charge in [0.25, 0.3) is 5.91 Å². The largest absolute Gasteiger partial charge is 0.493 e. The van der Waals surface area contributed by atoms with Crippen LogP contribution in [0.25, 0.3) is 22.0 Å². The third kappa shape index (κ3) is 6.97. The van der Waals surface area contributed by atoms with Gasteiger partial charge in [0.05, 0.1) is 36.0 Å². The highest BCUT2D eigenvalue weighted by molar-refractivity contribution is 6.36. The number of amides is 1. The minimum atomic E-state index is -0.676. The number of nitrogens with one attached hydrogen (secondary N) is 2. The highest BCUT2D eigenvalue weighted by atomic mass is 35.5. The Balaban J connectivity index is 1.34. The summed E-state index contributed by atoms with van der Waals surface area (Å²) in [6, 6.07) is 24.2. The smallest absolute Gasteiger partial charge is 0.343 e. The summed E-state index contributed by atoms with van der Waals surface area (Å²) in [7, 11) is 1.39. The highest BCUT2D eigenvalue weighted by Crippen LogP contribution is 2.36. The van der Waals surface area contributed by atoms with E-state index < -0.39 is 17.8 Å². The standard InChI is InChI=1S/C34H28ClN3O7/c1-4-43-29-17-21(13-15-27(29)45-34(41)23-14-16-26(44-20(2)39)28(18-23)42-3)19-36-38-33(40)32-30(22-9-6-5-7-10-22)24-11-8-12-25(35)31(24)37-32/h5-19,37H,4H2,1-3H3,(H,38,40). The number of aromatic nitrogens is 1. The lowest BCUT2D eigenvalue weighted by atomic mass is 10.0. The Morgan fingerprint density at radius 1 is 0.889 bits per heavy atom. The number of methoxy groups -OCH3 is 1. The van der Waals surface area contributed by atoms with Gasteiger partial charge in [-0.2, -0.15) is 5.10 Å². The van der Waals surface area contributed by atoms with E-state index in [4.69, 9.17) is 30.5 Å². The summed E-state index contributed by atoms with van der Waals surface area (Å²) in [6.45, 7) is 3.36. The summed E-state index contributed by atoms with van der Waals surface area (Å²) in [6.07, 6.45) is 1.45. The minimum Gasteiger partial charge on any atom is -0.493 e. The number of hydrogen-bond acceptors (Lipinski definition) is 8. The van der Waals surface area contributed by atoms with Crippen LogP contribution in [-0.4, -0.2) is 42.8 Å². The van der Waals surface area contributed by atoms with Crippen LogP contribution in [-0.2, 0) is 4.79 Å². The number of para-hydroxylation sites is 1. The van der Waals surface area contributed by atoms with E-state index in [-0.39, 0.29) is 22.8 Å². The van der Waals surface area contributed by atoms with Gasteiger partial charge in [0.1, 0.15) is 5.69 Å². The van der Waals surface area contributed by atoms with Gasteiger partial charge in [-0.25, -0.2) is 10.2 Å². The van der Waals surface area contributed by atoms with Gasteiger partial charge >= 0.3 is 11.9 Å². The zero-order valence-corrected chi connectivity index (χ0v) is 25.3. The van der Waals surface area contributed by atoms with Gasteiger partial charge in [-0.15, -0.1) is 0 Å². The number of carbonyl (C=O) groups is 3. The lowest BCUT2D eigenvalue weighted by Crippen LogP contribution is -2.18. The predicted octanol–water partition coefficient (Wildman–Crippen LogP) is 6.80. The maximum Gasteiger partial charge on any atom is 0.343 e. The number of benzene rings is 4. The predicted molar refractivity (Wildman–Crippen MR) is 171 cm³/mol. The number of nitrogens with zero attached hydrogens (tertiary/aromatic N) is 1. The Labute approximate surface area is 263 Å². The van der Waals surface area contributed by atoms with Crippen molar-refractivity contribution in [1.82, 2.24) is 10.4 Å². The van der Waals surface area contributed by atoms with Crippen molar-refractivity contribution < 1.29 is 33.3 Å². The number of carbonyl (C=O) groups excluding carboxylic acids is 3. The second kappa shape index (κ2) is 13.8. The second-order valence-corrected chi connectivity index (χ2v) is 10.00. The first-order valence-corrected chi connectivity index (χ1v) is 14.2. The number of hydrazone groups is 1. The number of esters is 2. The van der Waals surface area contributed by atoms with Crippen molar-refractivity contribution in [3.8, 4) is 34.1 Å². The molecule has 5 aromatic rings. The molecule has 0 radical (unpaired) electrons. The molecule has 11 heteroatoms. The number of ether oxygens (including phenoxy) is 4. The first-order chi connectivity index (χ1) is 21.8. The first kappa shape index (κ1) is 30.8. The maximum atomic E-state index is 13.3. The van der Waals surface area contributed by atoms with Crippen molar-refractivity contribution in [3.63, 3.8) is 0 Å². The van der Waals surface area contributed by atoms with Crippen molar-refractivity contribution in [1.29, 1.82) is 0 Å². The molecule has 0 aliphatic carbocycles. The molecule has 1 amide bonds. The molecule has 5 rings (SSSR count). The van der Waals surface area contributed by atoms with Crippen LogP contribution >= 0.6 is 11.6 Å². The third-order valence-corrected chi connectivity index (χ3v) is 6.89. The number of rotatable bonds is 10. The van der Waals surface area contributed by atoms with Gasteiger partial charge in [0.2, 0.25) is 0 Å². The summed E-state index contributed by atoms with van der Waals surface area (Å²) in [5.41, 5.74) is 5.85. The van der Waals surface area contributed by atoms with Crippen LogP contribution in [0.1, 0.15) is 40.3 Å². The second-order valence-electron chi connectivity index (χ2n) is 9.59. The Bertz CT molecular complexity index is 1920. The van der Waals surface area contributed by atoms with Crippen molar-refractivity contribution >= 4 is 46.6 Å². The number of aromatic amines is 1. The van der Waals surface area contributed by atoms with Gasteiger partial charge in [-0.3, -0.25) is 9.59 Å². The molecule has 0 aliphatic rings. The lowest BCUT2D eigenvalue weighted by Gasteiger charge is -2.13. The summed E-state index contributed by atoms with van der Waals surface area (Å²) in [4.78, 5) is 40.7. The molecule has 0 saturated carbocycles.